The Morgan fingerprint density at radius 2 is 2.20 bits per heavy atom. The van der Waals surface area contributed by atoms with Crippen LogP contribution in [0.3, 0.4) is 0 Å². The van der Waals surface area contributed by atoms with Crippen molar-refractivity contribution in [2.45, 2.75) is 25.9 Å². The lowest BCUT2D eigenvalue weighted by molar-refractivity contribution is 0.398. The SMILES string of the molecule is CCCn1ncc(OC)c1C(NN)c1ccccc1I. The topological polar surface area (TPSA) is 65.1 Å². The van der Waals surface area contributed by atoms with E-state index in [4.69, 9.17) is 10.6 Å². The van der Waals surface area contributed by atoms with Crippen LogP contribution in [-0.4, -0.2) is 16.9 Å². The molecule has 0 aliphatic rings. The maximum Gasteiger partial charge on any atom is 0.161 e. The molecule has 6 heteroatoms. The van der Waals surface area contributed by atoms with Gasteiger partial charge in [0.25, 0.3) is 0 Å². The summed E-state index contributed by atoms with van der Waals surface area (Å²) in [6.07, 6.45) is 2.74. The minimum Gasteiger partial charge on any atom is -0.493 e. The van der Waals surface area contributed by atoms with E-state index < -0.39 is 0 Å². The molecule has 0 saturated carbocycles. The molecule has 2 rings (SSSR count). The number of hydrogen-bond donors (Lipinski definition) is 2. The van der Waals surface area contributed by atoms with Crippen LogP contribution in [0.25, 0.3) is 0 Å². The van der Waals surface area contributed by atoms with Crippen molar-refractivity contribution in [2.75, 3.05) is 7.11 Å². The molecule has 0 aliphatic carbocycles. The summed E-state index contributed by atoms with van der Waals surface area (Å²) in [5.41, 5.74) is 4.97. The summed E-state index contributed by atoms with van der Waals surface area (Å²) in [6.45, 7) is 2.95. The third kappa shape index (κ3) is 2.97. The molecule has 0 saturated heterocycles. The maximum absolute atomic E-state index is 5.80. The van der Waals surface area contributed by atoms with Gasteiger partial charge >= 0.3 is 0 Å². The number of hydrazine groups is 1. The van der Waals surface area contributed by atoms with Crippen molar-refractivity contribution in [1.29, 1.82) is 0 Å². The lowest BCUT2D eigenvalue weighted by atomic mass is 10.0. The van der Waals surface area contributed by atoms with E-state index in [1.54, 1.807) is 13.3 Å². The average molecular weight is 386 g/mol. The lowest BCUT2D eigenvalue weighted by Crippen LogP contribution is -2.31. The molecule has 0 radical (unpaired) electrons. The number of nitrogens with two attached hydrogens (primary N) is 1. The molecule has 5 nitrogen and oxygen atoms in total. The summed E-state index contributed by atoms with van der Waals surface area (Å²) >= 11 is 2.31. The fourth-order valence-electron chi connectivity index (χ4n) is 2.24. The number of ether oxygens (including phenoxy) is 1. The first-order valence-electron chi connectivity index (χ1n) is 6.53. The van der Waals surface area contributed by atoms with Gasteiger partial charge in [0.1, 0.15) is 5.69 Å². The highest BCUT2D eigenvalue weighted by molar-refractivity contribution is 14.1. The second-order valence-corrected chi connectivity index (χ2v) is 5.60. The Morgan fingerprint density at radius 1 is 1.45 bits per heavy atom. The van der Waals surface area contributed by atoms with Gasteiger partial charge in [-0.2, -0.15) is 5.10 Å². The fourth-order valence-corrected chi connectivity index (χ4v) is 2.94. The minimum atomic E-state index is -0.146. The Kier molecular flexibility index (Phi) is 5.38. The number of aromatic nitrogens is 2. The lowest BCUT2D eigenvalue weighted by Gasteiger charge is -2.20. The Hall–Kier alpha value is -1.12. The first kappa shape index (κ1) is 15.3. The number of hydrogen-bond acceptors (Lipinski definition) is 4. The molecule has 1 aromatic carbocycles. The minimum absolute atomic E-state index is 0.146. The Morgan fingerprint density at radius 3 is 2.80 bits per heavy atom. The summed E-state index contributed by atoms with van der Waals surface area (Å²) in [4.78, 5) is 0. The fraction of sp³-hybridized carbons (Fsp3) is 0.357. The van der Waals surface area contributed by atoms with Crippen LogP contribution in [0.5, 0.6) is 5.75 Å². The van der Waals surface area contributed by atoms with Gasteiger partial charge in [-0.25, -0.2) is 5.43 Å². The van der Waals surface area contributed by atoms with Gasteiger partial charge in [-0.15, -0.1) is 0 Å². The molecule has 1 unspecified atom stereocenters. The maximum atomic E-state index is 5.80. The predicted molar refractivity (Wildman–Crippen MR) is 87.4 cm³/mol. The first-order chi connectivity index (χ1) is 9.72. The smallest absolute Gasteiger partial charge is 0.161 e. The molecule has 0 spiro atoms. The van der Waals surface area contributed by atoms with Crippen LogP contribution in [0.2, 0.25) is 0 Å². The van der Waals surface area contributed by atoms with Gasteiger partial charge in [-0.1, -0.05) is 25.1 Å². The molecule has 2 aromatic rings. The van der Waals surface area contributed by atoms with Gasteiger partial charge in [0.2, 0.25) is 0 Å². The summed E-state index contributed by atoms with van der Waals surface area (Å²) in [6, 6.07) is 8.00. The Bertz CT molecular complexity index is 570. The number of nitrogens with zero attached hydrogens (tertiary/aromatic N) is 2. The monoisotopic (exact) mass is 386 g/mol. The zero-order valence-electron chi connectivity index (χ0n) is 11.6. The molecule has 108 valence electrons. The number of aryl methyl sites for hydroxylation is 1. The van der Waals surface area contributed by atoms with Crippen LogP contribution in [0, 0.1) is 3.57 Å². The quantitative estimate of drug-likeness (QED) is 0.455. The highest BCUT2D eigenvalue weighted by Gasteiger charge is 2.23. The second kappa shape index (κ2) is 7.05. The zero-order chi connectivity index (χ0) is 14.5. The summed E-state index contributed by atoms with van der Waals surface area (Å²) in [7, 11) is 1.65. The van der Waals surface area contributed by atoms with Crippen molar-refractivity contribution in [3.8, 4) is 5.75 Å². The third-order valence-corrected chi connectivity index (χ3v) is 4.14. The molecule has 0 bridgehead atoms. The zero-order valence-corrected chi connectivity index (χ0v) is 13.8. The van der Waals surface area contributed by atoms with Crippen LogP contribution in [-0.2, 0) is 6.54 Å². The molecular formula is C14H19IN4O. The number of halogens is 1. The molecule has 0 aliphatic heterocycles. The van der Waals surface area contributed by atoms with E-state index in [1.807, 2.05) is 16.8 Å². The van der Waals surface area contributed by atoms with Crippen LogP contribution < -0.4 is 16.0 Å². The third-order valence-electron chi connectivity index (χ3n) is 3.16. The highest BCUT2D eigenvalue weighted by atomic mass is 127. The van der Waals surface area contributed by atoms with E-state index in [2.05, 4.69) is 52.2 Å². The second-order valence-electron chi connectivity index (χ2n) is 4.44. The molecular weight excluding hydrogens is 367 g/mol. The molecule has 3 N–H and O–H groups in total. The van der Waals surface area contributed by atoms with E-state index in [0.717, 1.165) is 33.5 Å². The van der Waals surface area contributed by atoms with Crippen molar-refractivity contribution in [3.05, 3.63) is 45.3 Å². The standard InChI is InChI=1S/C14H19IN4O/c1-3-8-19-14(12(20-2)9-17-19)13(18-16)10-6-4-5-7-11(10)15/h4-7,9,13,18H,3,8,16H2,1-2H3. The van der Waals surface area contributed by atoms with Gasteiger partial charge in [0.15, 0.2) is 5.75 Å². The number of methoxy groups -OCH3 is 1. The molecule has 20 heavy (non-hydrogen) atoms. The van der Waals surface area contributed by atoms with E-state index in [1.165, 1.54) is 0 Å². The van der Waals surface area contributed by atoms with Gasteiger partial charge < -0.3 is 4.74 Å². The van der Waals surface area contributed by atoms with Gasteiger partial charge in [0, 0.05) is 10.1 Å². The number of rotatable bonds is 6. The van der Waals surface area contributed by atoms with Crippen molar-refractivity contribution in [2.24, 2.45) is 5.84 Å². The van der Waals surface area contributed by atoms with E-state index in [0.29, 0.717) is 0 Å². The van der Waals surface area contributed by atoms with Crippen molar-refractivity contribution >= 4 is 22.6 Å². The van der Waals surface area contributed by atoms with Crippen molar-refractivity contribution in [3.63, 3.8) is 0 Å². The first-order valence-corrected chi connectivity index (χ1v) is 7.61. The predicted octanol–water partition coefficient (Wildman–Crippen LogP) is 2.46. The van der Waals surface area contributed by atoms with Crippen LogP contribution in [0.4, 0.5) is 0 Å². The van der Waals surface area contributed by atoms with Gasteiger partial charge in [-0.05, 0) is 40.6 Å². The van der Waals surface area contributed by atoms with Crippen LogP contribution in [0.15, 0.2) is 30.5 Å². The number of nitrogens with one attached hydrogen (secondary N) is 1. The van der Waals surface area contributed by atoms with Gasteiger partial charge in [-0.3, -0.25) is 10.5 Å². The summed E-state index contributed by atoms with van der Waals surface area (Å²) in [5, 5.41) is 4.39. The van der Waals surface area contributed by atoms with Crippen molar-refractivity contribution < 1.29 is 4.74 Å². The van der Waals surface area contributed by atoms with Crippen LogP contribution >= 0.6 is 22.6 Å². The van der Waals surface area contributed by atoms with Crippen LogP contribution in [0.1, 0.15) is 30.6 Å². The molecule has 1 atom stereocenters. The van der Waals surface area contributed by atoms with Gasteiger partial charge in [0.05, 0.1) is 19.3 Å². The normalized spacial score (nSPS) is 12.4. The molecule has 0 fully saturated rings. The largest absolute Gasteiger partial charge is 0.493 e. The van der Waals surface area contributed by atoms with E-state index >= 15 is 0 Å². The summed E-state index contributed by atoms with van der Waals surface area (Å²) in [5.74, 6) is 6.55. The molecule has 1 heterocycles. The Balaban J connectivity index is 2.51. The Labute approximate surface area is 132 Å². The summed E-state index contributed by atoms with van der Waals surface area (Å²) < 4.78 is 8.54. The van der Waals surface area contributed by atoms with E-state index in [-0.39, 0.29) is 6.04 Å². The highest BCUT2D eigenvalue weighted by Crippen LogP contribution is 2.31. The molecule has 0 amide bonds. The average Bonchev–Trinajstić information content (AvgIpc) is 2.85. The number of benzene rings is 1. The van der Waals surface area contributed by atoms with Crippen molar-refractivity contribution in [1.82, 2.24) is 15.2 Å². The molecule has 1 aromatic heterocycles. The van der Waals surface area contributed by atoms with E-state index in [9.17, 15) is 0 Å².